The van der Waals surface area contributed by atoms with Crippen LogP contribution in [0, 0.1) is 5.92 Å². The van der Waals surface area contributed by atoms with Gasteiger partial charge >= 0.3 is 12.1 Å². The molecule has 1 aromatic heterocycles. The predicted molar refractivity (Wildman–Crippen MR) is 116 cm³/mol. The van der Waals surface area contributed by atoms with E-state index < -0.39 is 17.7 Å². The van der Waals surface area contributed by atoms with Crippen molar-refractivity contribution in [1.29, 1.82) is 0 Å². The minimum Gasteiger partial charge on any atom is -0.481 e. The Bertz CT molecular complexity index is 725. The molecule has 30 heavy (non-hydrogen) atoms. The highest BCUT2D eigenvalue weighted by Gasteiger charge is 2.22. The van der Waals surface area contributed by atoms with Gasteiger partial charge in [-0.25, -0.2) is 14.1 Å². The molecule has 0 radical (unpaired) electrons. The van der Waals surface area contributed by atoms with Crippen molar-refractivity contribution in [2.45, 2.75) is 50.5 Å². The molecular weight excluding hydrogens is 406 g/mol. The summed E-state index contributed by atoms with van der Waals surface area (Å²) in [6, 6.07) is 3.74. The standard InChI is InChI=1S/C21H31N3O5S/c1-15(12-23-20(27)29-21(2,3)4)14-28-18-6-5-17(13-22-18)30-24-9-7-16(8-10-24)11-19(25)26/h5-6,13,16H,1,7-12,14H2,2-4H3,(H,23,27)(H,25,26). The van der Waals surface area contributed by atoms with Crippen molar-refractivity contribution in [2.75, 3.05) is 26.2 Å². The van der Waals surface area contributed by atoms with Crippen LogP contribution in [0.15, 0.2) is 35.4 Å². The van der Waals surface area contributed by atoms with Crippen molar-refractivity contribution in [3.05, 3.63) is 30.5 Å². The van der Waals surface area contributed by atoms with Gasteiger partial charge in [-0.3, -0.25) is 4.79 Å². The first-order valence-corrected chi connectivity index (χ1v) is 10.7. The SMILES string of the molecule is C=C(CNC(=O)OC(C)(C)C)COc1ccc(SN2CCC(CC(=O)O)CC2)cn1. The molecule has 166 valence electrons. The van der Waals surface area contributed by atoms with Gasteiger partial charge in [-0.15, -0.1) is 0 Å². The van der Waals surface area contributed by atoms with E-state index in [-0.39, 0.29) is 25.5 Å². The Morgan fingerprint density at radius 1 is 1.33 bits per heavy atom. The van der Waals surface area contributed by atoms with Gasteiger partial charge in [0, 0.05) is 43.2 Å². The fraction of sp³-hybridized carbons (Fsp3) is 0.571. The molecule has 2 rings (SSSR count). The smallest absolute Gasteiger partial charge is 0.407 e. The lowest BCUT2D eigenvalue weighted by atomic mass is 9.95. The Labute approximate surface area is 182 Å². The van der Waals surface area contributed by atoms with E-state index in [1.54, 1.807) is 45.0 Å². The summed E-state index contributed by atoms with van der Waals surface area (Å²) in [4.78, 5) is 27.8. The van der Waals surface area contributed by atoms with Crippen molar-refractivity contribution >= 4 is 24.0 Å². The second-order valence-electron chi connectivity index (χ2n) is 8.29. The zero-order chi connectivity index (χ0) is 22.1. The number of carbonyl (C=O) groups is 2. The molecule has 2 N–H and O–H groups in total. The van der Waals surface area contributed by atoms with Crippen LogP contribution in [0.25, 0.3) is 0 Å². The third-order valence-electron chi connectivity index (χ3n) is 4.29. The molecule has 1 aromatic rings. The molecule has 2 heterocycles. The monoisotopic (exact) mass is 437 g/mol. The summed E-state index contributed by atoms with van der Waals surface area (Å²) in [5.41, 5.74) is 0.158. The topological polar surface area (TPSA) is 101 Å². The molecule has 0 atom stereocenters. The van der Waals surface area contributed by atoms with Crippen LogP contribution >= 0.6 is 11.9 Å². The predicted octanol–water partition coefficient (Wildman–Crippen LogP) is 3.74. The summed E-state index contributed by atoms with van der Waals surface area (Å²) in [6.45, 7) is 11.5. The van der Waals surface area contributed by atoms with E-state index in [0.29, 0.717) is 11.5 Å². The third kappa shape index (κ3) is 9.49. The molecule has 1 amide bonds. The molecule has 9 heteroatoms. The zero-order valence-electron chi connectivity index (χ0n) is 17.8. The van der Waals surface area contributed by atoms with Gasteiger partial charge in [0.15, 0.2) is 0 Å². The van der Waals surface area contributed by atoms with E-state index in [2.05, 4.69) is 21.2 Å². The fourth-order valence-electron chi connectivity index (χ4n) is 2.85. The summed E-state index contributed by atoms with van der Waals surface area (Å²) in [5.74, 6) is 0.0355. The van der Waals surface area contributed by atoms with Crippen molar-refractivity contribution in [2.24, 2.45) is 5.92 Å². The number of aromatic nitrogens is 1. The van der Waals surface area contributed by atoms with E-state index in [9.17, 15) is 9.59 Å². The number of nitrogens with zero attached hydrogens (tertiary/aromatic N) is 2. The summed E-state index contributed by atoms with van der Waals surface area (Å²) in [5, 5.41) is 11.5. The van der Waals surface area contributed by atoms with Crippen LogP contribution in [0.1, 0.15) is 40.0 Å². The molecule has 1 saturated heterocycles. The van der Waals surface area contributed by atoms with E-state index in [1.807, 2.05) is 6.07 Å². The van der Waals surface area contributed by atoms with Gasteiger partial charge in [0.2, 0.25) is 5.88 Å². The second kappa shape index (κ2) is 11.2. The number of hydrogen-bond donors (Lipinski definition) is 2. The van der Waals surface area contributed by atoms with E-state index in [0.717, 1.165) is 30.8 Å². The van der Waals surface area contributed by atoms with Gasteiger partial charge in [-0.05, 0) is 63.1 Å². The average molecular weight is 438 g/mol. The normalized spacial score (nSPS) is 15.4. The number of carboxylic acid groups (broad SMARTS) is 1. The number of piperidine rings is 1. The lowest BCUT2D eigenvalue weighted by Crippen LogP contribution is -2.34. The molecule has 8 nitrogen and oxygen atoms in total. The molecule has 0 aliphatic carbocycles. The number of nitrogens with one attached hydrogen (secondary N) is 1. The molecular formula is C21H31N3O5S. The van der Waals surface area contributed by atoms with Crippen LogP contribution in [-0.4, -0.2) is 58.3 Å². The minimum absolute atomic E-state index is 0.242. The third-order valence-corrected chi connectivity index (χ3v) is 5.36. The lowest BCUT2D eigenvalue weighted by molar-refractivity contribution is -0.138. The van der Waals surface area contributed by atoms with E-state index in [4.69, 9.17) is 14.6 Å². The Balaban J connectivity index is 1.68. The van der Waals surface area contributed by atoms with Gasteiger partial charge in [0.1, 0.15) is 12.2 Å². The molecule has 1 aliphatic rings. The second-order valence-corrected chi connectivity index (χ2v) is 9.46. The number of ether oxygens (including phenoxy) is 2. The molecule has 0 spiro atoms. The van der Waals surface area contributed by atoms with Crippen molar-refractivity contribution in [1.82, 2.24) is 14.6 Å². The molecule has 1 aliphatic heterocycles. The Morgan fingerprint density at radius 2 is 2.03 bits per heavy atom. The van der Waals surface area contributed by atoms with Gasteiger partial charge in [-0.2, -0.15) is 0 Å². The Hall–Kier alpha value is -2.26. The highest BCUT2D eigenvalue weighted by atomic mass is 32.2. The highest BCUT2D eigenvalue weighted by molar-refractivity contribution is 7.97. The van der Waals surface area contributed by atoms with Crippen LogP contribution in [-0.2, 0) is 9.53 Å². The number of rotatable bonds is 9. The van der Waals surface area contributed by atoms with Crippen LogP contribution in [0.2, 0.25) is 0 Å². The highest BCUT2D eigenvalue weighted by Crippen LogP contribution is 2.29. The summed E-state index contributed by atoms with van der Waals surface area (Å²) >= 11 is 1.62. The summed E-state index contributed by atoms with van der Waals surface area (Å²) < 4.78 is 13.0. The van der Waals surface area contributed by atoms with Gasteiger partial charge in [0.25, 0.3) is 0 Å². The van der Waals surface area contributed by atoms with Gasteiger partial charge in [-0.1, -0.05) is 6.58 Å². The minimum atomic E-state index is -0.718. The average Bonchev–Trinajstić information content (AvgIpc) is 2.65. The zero-order valence-corrected chi connectivity index (χ0v) is 18.7. The number of pyridine rings is 1. The van der Waals surface area contributed by atoms with Gasteiger partial charge < -0.3 is 19.9 Å². The maximum atomic E-state index is 11.6. The molecule has 0 aromatic carbocycles. The van der Waals surface area contributed by atoms with Crippen molar-refractivity contribution in [3.8, 4) is 5.88 Å². The molecule has 0 saturated carbocycles. The lowest BCUT2D eigenvalue weighted by Gasteiger charge is -2.30. The Morgan fingerprint density at radius 3 is 2.60 bits per heavy atom. The first-order valence-electron chi connectivity index (χ1n) is 9.98. The summed E-state index contributed by atoms with van der Waals surface area (Å²) in [7, 11) is 0. The Kier molecular flexibility index (Phi) is 8.98. The van der Waals surface area contributed by atoms with Crippen LogP contribution < -0.4 is 10.1 Å². The van der Waals surface area contributed by atoms with Crippen LogP contribution in [0.5, 0.6) is 5.88 Å². The fourth-order valence-corrected chi connectivity index (χ4v) is 3.77. The molecule has 0 bridgehead atoms. The van der Waals surface area contributed by atoms with Gasteiger partial charge in [0.05, 0.1) is 0 Å². The van der Waals surface area contributed by atoms with Crippen molar-refractivity contribution < 1.29 is 24.2 Å². The van der Waals surface area contributed by atoms with E-state index in [1.165, 1.54) is 0 Å². The number of amides is 1. The molecule has 1 fully saturated rings. The first kappa shape index (κ1) is 24.0. The number of carboxylic acids is 1. The number of aliphatic carboxylic acids is 1. The first-order chi connectivity index (χ1) is 14.1. The van der Waals surface area contributed by atoms with Crippen LogP contribution in [0.4, 0.5) is 4.79 Å². The maximum Gasteiger partial charge on any atom is 0.407 e. The molecule has 0 unspecified atom stereocenters. The largest absolute Gasteiger partial charge is 0.481 e. The quantitative estimate of drug-likeness (QED) is 0.445. The van der Waals surface area contributed by atoms with E-state index >= 15 is 0 Å². The number of carbonyl (C=O) groups excluding carboxylic acids is 1. The maximum absolute atomic E-state index is 11.6. The van der Waals surface area contributed by atoms with Crippen LogP contribution in [0.3, 0.4) is 0 Å². The van der Waals surface area contributed by atoms with Crippen molar-refractivity contribution in [3.63, 3.8) is 0 Å². The number of hydrogen-bond acceptors (Lipinski definition) is 7. The summed E-state index contributed by atoms with van der Waals surface area (Å²) in [6.07, 6.45) is 3.31. The number of alkyl carbamates (subject to hydrolysis) is 1.